The van der Waals surface area contributed by atoms with Gasteiger partial charge in [-0.1, -0.05) is 12.1 Å². The average molecular weight is 491 g/mol. The molecule has 3 aromatic rings. The number of methoxy groups -OCH3 is 3. The molecule has 0 unspecified atom stereocenters. The third-order valence-electron chi connectivity index (χ3n) is 6.17. The molecule has 0 bridgehead atoms. The molecule has 188 valence electrons. The zero-order chi connectivity index (χ0) is 25.5. The largest absolute Gasteiger partial charge is 0.494 e. The maximum absolute atomic E-state index is 12.9. The Balaban J connectivity index is 1.47. The monoisotopic (exact) mass is 490 g/mol. The summed E-state index contributed by atoms with van der Waals surface area (Å²) >= 11 is 0. The predicted octanol–water partition coefficient (Wildman–Crippen LogP) is 4.46. The molecule has 1 aromatic heterocycles. The molecule has 0 aliphatic carbocycles. The van der Waals surface area contributed by atoms with Crippen LogP contribution in [0.2, 0.25) is 0 Å². The third kappa shape index (κ3) is 5.66. The van der Waals surface area contributed by atoms with Gasteiger partial charge in [-0.25, -0.2) is 4.98 Å². The molecule has 0 saturated carbocycles. The smallest absolute Gasteiger partial charge is 0.181 e. The molecule has 2 aromatic carbocycles. The van der Waals surface area contributed by atoms with Crippen molar-refractivity contribution in [2.45, 2.75) is 12.8 Å². The van der Waals surface area contributed by atoms with Crippen LogP contribution >= 0.6 is 0 Å². The number of ether oxygens (including phenoxy) is 4. The second-order valence-electron chi connectivity index (χ2n) is 8.31. The van der Waals surface area contributed by atoms with Gasteiger partial charge in [0.25, 0.3) is 0 Å². The molecule has 8 heteroatoms. The van der Waals surface area contributed by atoms with Crippen molar-refractivity contribution in [3.05, 3.63) is 65.9 Å². The van der Waals surface area contributed by atoms with Crippen LogP contribution in [0.1, 0.15) is 33.7 Å². The quantitative estimate of drug-likeness (QED) is 0.385. The Morgan fingerprint density at radius 3 is 2.11 bits per heavy atom. The second kappa shape index (κ2) is 11.7. The molecule has 1 fully saturated rings. The number of hydrogen-bond donors (Lipinski definition) is 0. The van der Waals surface area contributed by atoms with Crippen LogP contribution in [0.25, 0.3) is 11.3 Å². The molecule has 0 radical (unpaired) electrons. The first-order valence-corrected chi connectivity index (χ1v) is 11.8. The Kier molecular flexibility index (Phi) is 8.17. The van der Waals surface area contributed by atoms with Gasteiger partial charge >= 0.3 is 0 Å². The van der Waals surface area contributed by atoms with Gasteiger partial charge in [0.2, 0.25) is 0 Å². The van der Waals surface area contributed by atoms with Gasteiger partial charge in [0, 0.05) is 42.7 Å². The van der Waals surface area contributed by atoms with E-state index in [1.54, 1.807) is 37.4 Å². The van der Waals surface area contributed by atoms with Gasteiger partial charge in [0.05, 0.1) is 34.5 Å². The number of ketones is 2. The van der Waals surface area contributed by atoms with E-state index in [0.29, 0.717) is 34.2 Å². The van der Waals surface area contributed by atoms with Gasteiger partial charge in [-0.2, -0.15) is 0 Å². The van der Waals surface area contributed by atoms with Crippen LogP contribution in [0, 0.1) is 0 Å². The summed E-state index contributed by atoms with van der Waals surface area (Å²) in [5, 5.41) is 0. The van der Waals surface area contributed by atoms with Gasteiger partial charge in [0.15, 0.2) is 23.1 Å². The molecule has 8 nitrogen and oxygen atoms in total. The normalized spacial score (nSPS) is 13.2. The summed E-state index contributed by atoms with van der Waals surface area (Å²) in [4.78, 5) is 32.5. The first-order valence-electron chi connectivity index (χ1n) is 11.8. The number of hydrogen-bond acceptors (Lipinski definition) is 8. The molecular weight excluding hydrogens is 460 g/mol. The molecule has 0 N–H and O–H groups in total. The van der Waals surface area contributed by atoms with Crippen molar-refractivity contribution in [3.8, 4) is 28.5 Å². The number of rotatable bonds is 10. The van der Waals surface area contributed by atoms with E-state index in [2.05, 4.69) is 9.88 Å². The Hall–Kier alpha value is -3.91. The number of pyridine rings is 1. The summed E-state index contributed by atoms with van der Waals surface area (Å²) in [6.45, 7) is 3.14. The Morgan fingerprint density at radius 2 is 1.44 bits per heavy atom. The van der Waals surface area contributed by atoms with Gasteiger partial charge in [-0.05, 0) is 42.5 Å². The summed E-state index contributed by atoms with van der Waals surface area (Å²) in [6.07, 6.45) is 0.105. The van der Waals surface area contributed by atoms with Crippen LogP contribution in [0.15, 0.2) is 54.6 Å². The minimum Gasteiger partial charge on any atom is -0.494 e. The number of benzene rings is 2. The lowest BCUT2D eigenvalue weighted by atomic mass is 10.0. The lowest BCUT2D eigenvalue weighted by Gasteiger charge is -2.28. The Bertz CT molecular complexity index is 1220. The standard InChI is InChI=1S/C28H30N2O6/c1-33-25-12-6-20(18-27(25)35-3)23(31)10-11-24(32)22-9-13-26(34-2)28(29-22)19-4-7-21(8-5-19)30-14-16-36-17-15-30/h4-9,12-13,18H,10-11,14-17H2,1-3H3. The fraction of sp³-hybridized carbons (Fsp3) is 0.321. The predicted molar refractivity (Wildman–Crippen MR) is 137 cm³/mol. The zero-order valence-electron chi connectivity index (χ0n) is 20.8. The van der Waals surface area contributed by atoms with E-state index < -0.39 is 0 Å². The highest BCUT2D eigenvalue weighted by Gasteiger charge is 2.18. The summed E-state index contributed by atoms with van der Waals surface area (Å²) < 4.78 is 21.4. The zero-order valence-corrected chi connectivity index (χ0v) is 20.8. The fourth-order valence-electron chi connectivity index (χ4n) is 4.13. The maximum Gasteiger partial charge on any atom is 0.181 e. The highest BCUT2D eigenvalue weighted by molar-refractivity contribution is 6.02. The first-order chi connectivity index (χ1) is 17.5. The van der Waals surface area contributed by atoms with Crippen molar-refractivity contribution in [2.75, 3.05) is 52.5 Å². The van der Waals surface area contributed by atoms with Crippen molar-refractivity contribution in [1.82, 2.24) is 4.98 Å². The lowest BCUT2D eigenvalue weighted by molar-refractivity contribution is 0.0915. The topological polar surface area (TPSA) is 87.2 Å². The number of carbonyl (C=O) groups is 2. The summed E-state index contributed by atoms with van der Waals surface area (Å²) in [5.74, 6) is 1.22. The number of morpholine rings is 1. The summed E-state index contributed by atoms with van der Waals surface area (Å²) in [6, 6.07) is 16.4. The van der Waals surface area contributed by atoms with Gasteiger partial charge in [-0.15, -0.1) is 0 Å². The molecule has 2 heterocycles. The van der Waals surface area contributed by atoms with Gasteiger partial charge in [-0.3, -0.25) is 9.59 Å². The van der Waals surface area contributed by atoms with Gasteiger partial charge < -0.3 is 23.8 Å². The Morgan fingerprint density at radius 1 is 0.806 bits per heavy atom. The van der Waals surface area contributed by atoms with Crippen molar-refractivity contribution in [1.29, 1.82) is 0 Å². The van der Waals surface area contributed by atoms with E-state index in [4.69, 9.17) is 18.9 Å². The average Bonchev–Trinajstić information content (AvgIpc) is 2.95. The molecule has 1 saturated heterocycles. The van der Waals surface area contributed by atoms with Crippen LogP contribution in [-0.2, 0) is 4.74 Å². The molecular formula is C28H30N2O6. The van der Waals surface area contributed by atoms with E-state index >= 15 is 0 Å². The van der Waals surface area contributed by atoms with Crippen molar-refractivity contribution < 1.29 is 28.5 Å². The molecule has 0 amide bonds. The number of Topliss-reactive ketones (excluding diaryl/α,β-unsaturated/α-hetero) is 2. The lowest BCUT2D eigenvalue weighted by Crippen LogP contribution is -2.36. The molecule has 1 aliphatic heterocycles. The van der Waals surface area contributed by atoms with Crippen molar-refractivity contribution >= 4 is 17.3 Å². The van der Waals surface area contributed by atoms with E-state index in [1.807, 2.05) is 24.3 Å². The SMILES string of the molecule is COc1ccc(C(=O)CCC(=O)c2ccc(OC)c(-c3ccc(N4CCOCC4)cc3)n2)cc1OC. The van der Waals surface area contributed by atoms with Crippen molar-refractivity contribution in [2.24, 2.45) is 0 Å². The third-order valence-corrected chi connectivity index (χ3v) is 6.17. The minimum absolute atomic E-state index is 0.0436. The molecule has 36 heavy (non-hydrogen) atoms. The highest BCUT2D eigenvalue weighted by atomic mass is 16.5. The number of aromatic nitrogens is 1. The molecule has 4 rings (SSSR count). The number of nitrogens with zero attached hydrogens (tertiary/aromatic N) is 2. The highest BCUT2D eigenvalue weighted by Crippen LogP contribution is 2.31. The number of carbonyl (C=O) groups excluding carboxylic acids is 2. The van der Waals surface area contributed by atoms with Crippen molar-refractivity contribution in [3.63, 3.8) is 0 Å². The van der Waals surface area contributed by atoms with E-state index in [9.17, 15) is 9.59 Å². The van der Waals surface area contributed by atoms with Crippen LogP contribution in [-0.4, -0.2) is 64.2 Å². The summed E-state index contributed by atoms with van der Waals surface area (Å²) in [5.41, 5.74) is 3.30. The van der Waals surface area contributed by atoms with Crippen LogP contribution in [0.5, 0.6) is 17.2 Å². The molecule has 1 aliphatic rings. The van der Waals surface area contributed by atoms with E-state index in [1.165, 1.54) is 14.2 Å². The fourth-order valence-corrected chi connectivity index (χ4v) is 4.13. The Labute approximate surface area is 210 Å². The van der Waals surface area contributed by atoms with Crippen LogP contribution < -0.4 is 19.1 Å². The van der Waals surface area contributed by atoms with E-state index in [-0.39, 0.29) is 24.4 Å². The van der Waals surface area contributed by atoms with E-state index in [0.717, 1.165) is 37.6 Å². The minimum atomic E-state index is -0.210. The number of anilines is 1. The maximum atomic E-state index is 12.9. The van der Waals surface area contributed by atoms with Crippen LogP contribution in [0.4, 0.5) is 5.69 Å². The van der Waals surface area contributed by atoms with Gasteiger partial charge in [0.1, 0.15) is 17.1 Å². The molecule has 0 atom stereocenters. The second-order valence-corrected chi connectivity index (χ2v) is 8.31. The molecule has 0 spiro atoms. The van der Waals surface area contributed by atoms with Crippen LogP contribution in [0.3, 0.4) is 0 Å². The summed E-state index contributed by atoms with van der Waals surface area (Å²) in [7, 11) is 4.62. The first kappa shape index (κ1) is 25.2.